The smallest absolute Gasteiger partial charge is 0.273 e. The van der Waals surface area contributed by atoms with Crippen LogP contribution in [0.4, 0.5) is 5.69 Å². The SMILES string of the molecule is CCn1ncc(NC(=O)/C=C/c2ccc(OC)c(COc3cccc(C)c3)c2)c1C(=O)N(C)C. The maximum Gasteiger partial charge on any atom is 0.273 e. The summed E-state index contributed by atoms with van der Waals surface area (Å²) in [5.74, 6) is 0.884. The number of amides is 2. The van der Waals surface area contributed by atoms with Crippen molar-refractivity contribution in [3.05, 3.63) is 77.1 Å². The van der Waals surface area contributed by atoms with Gasteiger partial charge in [-0.05, 0) is 55.3 Å². The van der Waals surface area contributed by atoms with E-state index in [1.54, 1.807) is 32.0 Å². The standard InChI is InChI=1S/C26H30N4O4/c1-6-30-25(26(32)29(3)4)22(16-27-30)28-24(31)13-11-19-10-12-23(33-5)20(15-19)17-34-21-9-7-8-18(2)14-21/h7-16H,6,17H2,1-5H3,(H,28,31)/b13-11+. The fourth-order valence-corrected chi connectivity index (χ4v) is 3.38. The van der Waals surface area contributed by atoms with Crippen LogP contribution in [0, 0.1) is 6.92 Å². The molecule has 0 saturated heterocycles. The van der Waals surface area contributed by atoms with Crippen LogP contribution in [0.15, 0.2) is 54.7 Å². The maximum atomic E-state index is 12.6. The van der Waals surface area contributed by atoms with Crippen LogP contribution in [-0.2, 0) is 17.9 Å². The molecule has 0 radical (unpaired) electrons. The third-order valence-electron chi connectivity index (χ3n) is 5.12. The van der Waals surface area contributed by atoms with Gasteiger partial charge in [0.05, 0.1) is 19.0 Å². The molecule has 0 aliphatic carbocycles. The maximum absolute atomic E-state index is 12.6. The van der Waals surface area contributed by atoms with Crippen LogP contribution in [0.5, 0.6) is 11.5 Å². The number of hydrogen-bond donors (Lipinski definition) is 1. The first-order chi connectivity index (χ1) is 16.3. The normalized spacial score (nSPS) is 10.9. The van der Waals surface area contributed by atoms with Crippen LogP contribution in [0.1, 0.15) is 34.1 Å². The van der Waals surface area contributed by atoms with E-state index in [0.717, 1.165) is 22.4 Å². The topological polar surface area (TPSA) is 85.7 Å². The molecule has 3 rings (SSSR count). The van der Waals surface area contributed by atoms with Crippen molar-refractivity contribution in [2.24, 2.45) is 0 Å². The molecule has 1 heterocycles. The molecule has 2 amide bonds. The molecule has 0 spiro atoms. The Bertz CT molecular complexity index is 1200. The second kappa shape index (κ2) is 11.2. The molecule has 0 aliphatic heterocycles. The Kier molecular flexibility index (Phi) is 8.08. The number of aromatic nitrogens is 2. The minimum absolute atomic E-state index is 0.230. The summed E-state index contributed by atoms with van der Waals surface area (Å²) in [6, 6.07) is 13.4. The molecular formula is C26H30N4O4. The highest BCUT2D eigenvalue weighted by Crippen LogP contribution is 2.23. The molecule has 8 nitrogen and oxygen atoms in total. The first-order valence-corrected chi connectivity index (χ1v) is 10.9. The van der Waals surface area contributed by atoms with Gasteiger partial charge in [0.15, 0.2) is 0 Å². The van der Waals surface area contributed by atoms with E-state index in [1.165, 1.54) is 17.2 Å². The monoisotopic (exact) mass is 462 g/mol. The Morgan fingerprint density at radius 2 is 1.97 bits per heavy atom. The number of anilines is 1. The second-order valence-corrected chi connectivity index (χ2v) is 7.92. The molecule has 0 unspecified atom stereocenters. The second-order valence-electron chi connectivity index (χ2n) is 7.92. The average Bonchev–Trinajstić information content (AvgIpc) is 3.23. The Labute approximate surface area is 199 Å². The van der Waals surface area contributed by atoms with Crippen LogP contribution in [0.3, 0.4) is 0 Å². The van der Waals surface area contributed by atoms with Crippen LogP contribution >= 0.6 is 0 Å². The fourth-order valence-electron chi connectivity index (χ4n) is 3.38. The highest BCUT2D eigenvalue weighted by Gasteiger charge is 2.20. The van der Waals surface area contributed by atoms with Crippen molar-refractivity contribution in [2.75, 3.05) is 26.5 Å². The molecule has 0 bridgehead atoms. The van der Waals surface area contributed by atoms with E-state index >= 15 is 0 Å². The number of benzene rings is 2. The van der Waals surface area contributed by atoms with Crippen molar-refractivity contribution in [1.29, 1.82) is 0 Å². The van der Waals surface area contributed by atoms with E-state index in [1.807, 2.05) is 56.3 Å². The van der Waals surface area contributed by atoms with Crippen molar-refractivity contribution in [2.45, 2.75) is 27.0 Å². The number of ether oxygens (including phenoxy) is 2. The molecule has 1 aromatic heterocycles. The Hall–Kier alpha value is -4.07. The third kappa shape index (κ3) is 6.04. The number of carbonyl (C=O) groups is 2. The first-order valence-electron chi connectivity index (χ1n) is 10.9. The van der Waals surface area contributed by atoms with Gasteiger partial charge in [-0.15, -0.1) is 0 Å². The highest BCUT2D eigenvalue weighted by atomic mass is 16.5. The summed E-state index contributed by atoms with van der Waals surface area (Å²) in [7, 11) is 4.92. The van der Waals surface area contributed by atoms with E-state index < -0.39 is 0 Å². The zero-order valence-corrected chi connectivity index (χ0v) is 20.2. The number of carbonyl (C=O) groups excluding carboxylic acids is 2. The Balaban J connectivity index is 1.73. The lowest BCUT2D eigenvalue weighted by molar-refractivity contribution is -0.111. The van der Waals surface area contributed by atoms with Gasteiger partial charge < -0.3 is 19.7 Å². The molecule has 34 heavy (non-hydrogen) atoms. The van der Waals surface area contributed by atoms with E-state index in [9.17, 15) is 9.59 Å². The molecule has 1 N–H and O–H groups in total. The predicted molar refractivity (Wildman–Crippen MR) is 132 cm³/mol. The van der Waals surface area contributed by atoms with Gasteiger partial charge >= 0.3 is 0 Å². The van der Waals surface area contributed by atoms with Crippen molar-refractivity contribution in [3.63, 3.8) is 0 Å². The van der Waals surface area contributed by atoms with E-state index in [-0.39, 0.29) is 11.8 Å². The largest absolute Gasteiger partial charge is 0.496 e. The zero-order valence-electron chi connectivity index (χ0n) is 20.2. The molecule has 2 aromatic carbocycles. The number of methoxy groups -OCH3 is 1. The van der Waals surface area contributed by atoms with Gasteiger partial charge in [-0.2, -0.15) is 5.10 Å². The van der Waals surface area contributed by atoms with Gasteiger partial charge in [0.1, 0.15) is 23.8 Å². The highest BCUT2D eigenvalue weighted by molar-refractivity contribution is 6.06. The number of nitrogens with zero attached hydrogens (tertiary/aromatic N) is 3. The summed E-state index contributed by atoms with van der Waals surface area (Å²) in [4.78, 5) is 26.5. The van der Waals surface area contributed by atoms with Gasteiger partial charge in [-0.1, -0.05) is 18.2 Å². The summed E-state index contributed by atoms with van der Waals surface area (Å²) in [5, 5.41) is 6.95. The lowest BCUT2D eigenvalue weighted by Crippen LogP contribution is -2.26. The summed E-state index contributed by atoms with van der Waals surface area (Å²) in [5.41, 5.74) is 3.50. The van der Waals surface area contributed by atoms with Crippen LogP contribution < -0.4 is 14.8 Å². The van der Waals surface area contributed by atoms with Crippen molar-refractivity contribution >= 4 is 23.6 Å². The number of hydrogen-bond acceptors (Lipinski definition) is 5. The minimum Gasteiger partial charge on any atom is -0.496 e. The third-order valence-corrected chi connectivity index (χ3v) is 5.12. The van der Waals surface area contributed by atoms with Crippen molar-refractivity contribution < 1.29 is 19.1 Å². The number of rotatable bonds is 9. The molecule has 0 fully saturated rings. The first kappa shape index (κ1) is 24.6. The average molecular weight is 463 g/mol. The van der Waals surface area contributed by atoms with E-state index in [4.69, 9.17) is 9.47 Å². The van der Waals surface area contributed by atoms with Gasteiger partial charge in [-0.3, -0.25) is 14.3 Å². The van der Waals surface area contributed by atoms with Crippen LogP contribution in [0.2, 0.25) is 0 Å². The van der Waals surface area contributed by atoms with Gasteiger partial charge in [0.2, 0.25) is 5.91 Å². The van der Waals surface area contributed by atoms with Crippen LogP contribution in [0.25, 0.3) is 6.08 Å². The van der Waals surface area contributed by atoms with Gasteiger partial charge in [0, 0.05) is 32.3 Å². The van der Waals surface area contributed by atoms with Crippen LogP contribution in [-0.4, -0.2) is 47.7 Å². The summed E-state index contributed by atoms with van der Waals surface area (Å²) >= 11 is 0. The lowest BCUT2D eigenvalue weighted by Gasteiger charge is -2.13. The fraction of sp³-hybridized carbons (Fsp3) is 0.269. The quantitative estimate of drug-likeness (QED) is 0.483. The molecule has 0 aliphatic rings. The summed E-state index contributed by atoms with van der Waals surface area (Å²) in [6.45, 7) is 4.73. The number of aryl methyl sites for hydroxylation is 2. The molecule has 0 atom stereocenters. The molecule has 3 aromatic rings. The van der Waals surface area contributed by atoms with Crippen molar-refractivity contribution in [1.82, 2.24) is 14.7 Å². The summed E-state index contributed by atoms with van der Waals surface area (Å²) in [6.07, 6.45) is 4.60. The summed E-state index contributed by atoms with van der Waals surface area (Å²) < 4.78 is 12.9. The molecule has 178 valence electrons. The minimum atomic E-state index is -0.364. The Morgan fingerprint density at radius 1 is 1.18 bits per heavy atom. The molecule has 8 heteroatoms. The van der Waals surface area contributed by atoms with Gasteiger partial charge in [-0.25, -0.2) is 0 Å². The van der Waals surface area contributed by atoms with Crippen molar-refractivity contribution in [3.8, 4) is 11.5 Å². The molecular weight excluding hydrogens is 432 g/mol. The zero-order chi connectivity index (χ0) is 24.7. The Morgan fingerprint density at radius 3 is 2.65 bits per heavy atom. The van der Waals surface area contributed by atoms with E-state index in [0.29, 0.717) is 30.3 Å². The number of nitrogens with one attached hydrogen (secondary N) is 1. The lowest BCUT2D eigenvalue weighted by atomic mass is 10.1. The molecule has 0 saturated carbocycles. The predicted octanol–water partition coefficient (Wildman–Crippen LogP) is 4.15. The van der Waals surface area contributed by atoms with E-state index in [2.05, 4.69) is 10.4 Å². The van der Waals surface area contributed by atoms with Gasteiger partial charge in [0.25, 0.3) is 5.91 Å².